The Morgan fingerprint density at radius 1 is 0.925 bits per heavy atom. The van der Waals surface area contributed by atoms with Crippen LogP contribution in [0.3, 0.4) is 0 Å². The van der Waals surface area contributed by atoms with Crippen molar-refractivity contribution in [1.82, 2.24) is 34.6 Å². The molecule has 10 nitrogen and oxygen atoms in total. The van der Waals surface area contributed by atoms with Crippen LogP contribution in [0.4, 0.5) is 11.8 Å². The van der Waals surface area contributed by atoms with E-state index in [4.69, 9.17) is 15.0 Å². The first-order chi connectivity index (χ1) is 19.7. The fourth-order valence-electron chi connectivity index (χ4n) is 6.56. The van der Waals surface area contributed by atoms with Crippen LogP contribution in [0, 0.1) is 0 Å². The fraction of sp³-hybridized carbons (Fsp3) is 0.600. The van der Waals surface area contributed by atoms with Gasteiger partial charge in [-0.3, -0.25) is 15.0 Å². The van der Waals surface area contributed by atoms with E-state index in [1.165, 1.54) is 51.6 Å². The summed E-state index contributed by atoms with van der Waals surface area (Å²) in [6, 6.07) is 8.38. The summed E-state index contributed by atoms with van der Waals surface area (Å²) in [5, 5.41) is 6.13. The second-order valence-corrected chi connectivity index (χ2v) is 11.5. The summed E-state index contributed by atoms with van der Waals surface area (Å²) in [7, 11) is 1.91. The van der Waals surface area contributed by atoms with E-state index in [1.807, 2.05) is 37.6 Å². The van der Waals surface area contributed by atoms with Crippen LogP contribution in [0.1, 0.15) is 60.9 Å². The summed E-state index contributed by atoms with van der Waals surface area (Å²) in [6.45, 7) is 9.00. The van der Waals surface area contributed by atoms with E-state index in [0.29, 0.717) is 11.5 Å². The standard InChI is InChI=1S/C30H43N9O/c1-31-21-23-9-11-24(12-10-23)29(40)35-30-33-27(38-19-17-37(18-20-38)25-7-2-3-8-25)26-28(34-30)39(22-32-26)16-6-15-36-13-4-5-14-36/h9-12,22,25,31H,2-8,13-21H2,1H3,(H,33,34,35,40). The van der Waals surface area contributed by atoms with Gasteiger partial charge >= 0.3 is 0 Å². The van der Waals surface area contributed by atoms with Gasteiger partial charge in [-0.15, -0.1) is 0 Å². The van der Waals surface area contributed by atoms with Gasteiger partial charge in [-0.2, -0.15) is 9.97 Å². The SMILES string of the molecule is CNCc1ccc(C(=O)Nc2nc(N3CCN(C4CCCC4)CC3)c3ncn(CCCN4CCCC4)c3n2)cc1. The molecule has 0 unspecified atom stereocenters. The maximum absolute atomic E-state index is 13.2. The van der Waals surface area contributed by atoms with Crippen LogP contribution >= 0.6 is 0 Å². The maximum atomic E-state index is 13.2. The molecule has 1 saturated carbocycles. The van der Waals surface area contributed by atoms with Crippen molar-refractivity contribution >= 4 is 28.8 Å². The van der Waals surface area contributed by atoms with Crippen LogP contribution in [0.5, 0.6) is 0 Å². The third kappa shape index (κ3) is 6.14. The van der Waals surface area contributed by atoms with E-state index in [1.54, 1.807) is 0 Å². The van der Waals surface area contributed by atoms with Crippen LogP contribution in [0.15, 0.2) is 30.6 Å². The molecule has 3 aliphatic rings. The molecule has 3 aromatic rings. The van der Waals surface area contributed by atoms with Crippen LogP contribution in [-0.4, -0.2) is 94.1 Å². The first-order valence-corrected chi connectivity index (χ1v) is 15.2. The number of fused-ring (bicyclic) bond motifs is 1. The summed E-state index contributed by atoms with van der Waals surface area (Å²) in [5.74, 6) is 0.966. The summed E-state index contributed by atoms with van der Waals surface area (Å²) in [6.07, 6.45) is 10.9. The zero-order valence-corrected chi connectivity index (χ0v) is 23.8. The highest BCUT2D eigenvalue weighted by atomic mass is 16.1. The van der Waals surface area contributed by atoms with Gasteiger partial charge in [0.25, 0.3) is 5.91 Å². The van der Waals surface area contributed by atoms with E-state index in [-0.39, 0.29) is 5.91 Å². The van der Waals surface area contributed by atoms with Gasteiger partial charge in [0.05, 0.1) is 6.33 Å². The van der Waals surface area contributed by atoms with Crippen molar-refractivity contribution in [3.05, 3.63) is 41.7 Å². The van der Waals surface area contributed by atoms with Crippen LogP contribution in [-0.2, 0) is 13.1 Å². The largest absolute Gasteiger partial charge is 0.352 e. The number of aryl methyl sites for hydroxylation is 1. The highest BCUT2D eigenvalue weighted by Crippen LogP contribution is 2.29. The van der Waals surface area contributed by atoms with Crippen molar-refractivity contribution in [1.29, 1.82) is 0 Å². The lowest BCUT2D eigenvalue weighted by molar-refractivity contribution is 0.102. The third-order valence-corrected chi connectivity index (χ3v) is 8.79. The predicted molar refractivity (Wildman–Crippen MR) is 159 cm³/mol. The van der Waals surface area contributed by atoms with Crippen molar-refractivity contribution in [2.24, 2.45) is 0 Å². The van der Waals surface area contributed by atoms with E-state index in [9.17, 15) is 4.79 Å². The second-order valence-electron chi connectivity index (χ2n) is 11.5. The van der Waals surface area contributed by atoms with Gasteiger partial charge in [-0.1, -0.05) is 25.0 Å². The van der Waals surface area contributed by atoms with Crippen LogP contribution < -0.4 is 15.5 Å². The summed E-state index contributed by atoms with van der Waals surface area (Å²) >= 11 is 0. The van der Waals surface area contributed by atoms with Crippen molar-refractivity contribution in [3.63, 3.8) is 0 Å². The van der Waals surface area contributed by atoms with Gasteiger partial charge in [0.2, 0.25) is 5.95 Å². The number of amides is 1. The Balaban J connectivity index is 1.22. The Bertz CT molecular complexity index is 1270. The molecule has 1 aromatic carbocycles. The van der Waals surface area contributed by atoms with Gasteiger partial charge < -0.3 is 19.7 Å². The number of hydrogen-bond acceptors (Lipinski definition) is 8. The third-order valence-electron chi connectivity index (χ3n) is 8.79. The smallest absolute Gasteiger partial charge is 0.258 e. The number of hydrogen-bond donors (Lipinski definition) is 2. The van der Waals surface area contributed by atoms with Gasteiger partial charge in [0, 0.05) is 50.9 Å². The van der Waals surface area contributed by atoms with E-state index in [0.717, 1.165) is 80.8 Å². The van der Waals surface area contributed by atoms with Crippen LogP contribution in [0.25, 0.3) is 11.2 Å². The molecule has 4 heterocycles. The fourth-order valence-corrected chi connectivity index (χ4v) is 6.56. The number of piperazine rings is 1. The Kier molecular flexibility index (Phi) is 8.55. The van der Waals surface area contributed by atoms with Gasteiger partial charge in [0.1, 0.15) is 0 Å². The molecule has 40 heavy (non-hydrogen) atoms. The molecule has 10 heteroatoms. The number of imidazole rings is 1. The molecule has 214 valence electrons. The van der Waals surface area contributed by atoms with Crippen molar-refractivity contribution in [3.8, 4) is 0 Å². The second kappa shape index (κ2) is 12.6. The number of carbonyl (C=O) groups is 1. The molecule has 1 aliphatic carbocycles. The minimum atomic E-state index is -0.201. The molecule has 6 rings (SSSR count). The van der Waals surface area contributed by atoms with Crippen LogP contribution in [0.2, 0.25) is 0 Å². The lowest BCUT2D eigenvalue weighted by atomic mass is 10.1. The Morgan fingerprint density at radius 2 is 1.68 bits per heavy atom. The Hall–Kier alpha value is -3.08. The zero-order valence-electron chi connectivity index (χ0n) is 23.8. The zero-order chi connectivity index (χ0) is 27.3. The van der Waals surface area contributed by atoms with E-state index in [2.05, 4.69) is 29.9 Å². The number of nitrogens with one attached hydrogen (secondary N) is 2. The number of rotatable bonds is 10. The number of anilines is 2. The van der Waals surface area contributed by atoms with E-state index < -0.39 is 0 Å². The van der Waals surface area contributed by atoms with Gasteiger partial charge in [0.15, 0.2) is 17.0 Å². The topological polar surface area (TPSA) is 94.5 Å². The first-order valence-electron chi connectivity index (χ1n) is 15.2. The highest BCUT2D eigenvalue weighted by molar-refractivity contribution is 6.04. The number of carbonyl (C=O) groups excluding carboxylic acids is 1. The summed E-state index contributed by atoms with van der Waals surface area (Å²) in [5.41, 5.74) is 3.34. The molecular formula is C30H43N9O. The lowest BCUT2D eigenvalue weighted by Crippen LogP contribution is -2.50. The lowest BCUT2D eigenvalue weighted by Gasteiger charge is -2.38. The minimum absolute atomic E-state index is 0.201. The molecule has 2 aromatic heterocycles. The normalized spacial score (nSPS) is 19.2. The Morgan fingerprint density at radius 3 is 2.40 bits per heavy atom. The molecular weight excluding hydrogens is 502 g/mol. The predicted octanol–water partition coefficient (Wildman–Crippen LogP) is 3.35. The Labute approximate surface area is 237 Å². The first kappa shape index (κ1) is 27.1. The minimum Gasteiger partial charge on any atom is -0.352 e. The molecule has 2 N–H and O–H groups in total. The quantitative estimate of drug-likeness (QED) is 0.401. The van der Waals surface area contributed by atoms with Crippen molar-refractivity contribution < 1.29 is 4.79 Å². The van der Waals surface area contributed by atoms with E-state index >= 15 is 0 Å². The molecule has 0 bridgehead atoms. The average molecular weight is 546 g/mol. The van der Waals surface area contributed by atoms with Crippen molar-refractivity contribution in [2.75, 3.05) is 63.1 Å². The number of aromatic nitrogens is 4. The average Bonchev–Trinajstić information content (AvgIpc) is 3.77. The molecule has 3 fully saturated rings. The number of nitrogens with zero attached hydrogens (tertiary/aromatic N) is 7. The highest BCUT2D eigenvalue weighted by Gasteiger charge is 2.28. The molecule has 2 saturated heterocycles. The monoisotopic (exact) mass is 545 g/mol. The van der Waals surface area contributed by atoms with Crippen molar-refractivity contribution in [2.45, 2.75) is 64.1 Å². The summed E-state index contributed by atoms with van der Waals surface area (Å²) < 4.78 is 2.13. The van der Waals surface area contributed by atoms with Gasteiger partial charge in [-0.05, 0) is 76.5 Å². The molecule has 2 aliphatic heterocycles. The molecule has 0 atom stereocenters. The molecule has 1 amide bonds. The molecule has 0 radical (unpaired) electrons. The maximum Gasteiger partial charge on any atom is 0.258 e. The number of likely N-dealkylation sites (tertiary alicyclic amines) is 1. The molecule has 0 spiro atoms. The van der Waals surface area contributed by atoms with Gasteiger partial charge in [-0.25, -0.2) is 4.98 Å². The number of benzene rings is 1. The summed E-state index contributed by atoms with van der Waals surface area (Å²) in [4.78, 5) is 35.2.